The number of rotatable bonds is 6. The molecule has 0 saturated heterocycles. The van der Waals surface area contributed by atoms with E-state index < -0.39 is 0 Å². The normalized spacial score (nSPS) is 10.8. The van der Waals surface area contributed by atoms with Crippen LogP contribution in [0, 0.1) is 13.8 Å². The molecule has 4 nitrogen and oxygen atoms in total. The Morgan fingerprint density at radius 1 is 1.30 bits per heavy atom. The molecule has 0 aliphatic carbocycles. The van der Waals surface area contributed by atoms with E-state index in [2.05, 4.69) is 45.5 Å². The van der Waals surface area contributed by atoms with Gasteiger partial charge in [0.05, 0.1) is 0 Å². The Balaban J connectivity index is 2.16. The summed E-state index contributed by atoms with van der Waals surface area (Å²) in [4.78, 5) is 0. The van der Waals surface area contributed by atoms with Gasteiger partial charge in [-0.15, -0.1) is 0 Å². The van der Waals surface area contributed by atoms with Crippen LogP contribution in [-0.4, -0.2) is 11.7 Å². The van der Waals surface area contributed by atoms with Crippen LogP contribution in [0.4, 0.5) is 0 Å². The van der Waals surface area contributed by atoms with E-state index in [0.717, 1.165) is 45.9 Å². The summed E-state index contributed by atoms with van der Waals surface area (Å²) in [6, 6.07) is 6.02. The molecule has 0 unspecified atom stereocenters. The summed E-state index contributed by atoms with van der Waals surface area (Å²) in [5, 5.41) is 7.27. The first kappa shape index (κ1) is 15.1. The quantitative estimate of drug-likeness (QED) is 0.871. The number of hydrogen-bond donors (Lipinski definition) is 1. The topological polar surface area (TPSA) is 47.3 Å². The molecule has 0 radical (unpaired) electrons. The summed E-state index contributed by atoms with van der Waals surface area (Å²) < 4.78 is 12.0. The smallest absolute Gasteiger partial charge is 0.134 e. The molecule has 2 aromatic rings. The van der Waals surface area contributed by atoms with Crippen molar-refractivity contribution in [3.63, 3.8) is 0 Å². The van der Waals surface area contributed by atoms with Gasteiger partial charge >= 0.3 is 0 Å². The Bertz CT molecular complexity index is 581. The molecule has 0 bridgehead atoms. The monoisotopic (exact) mass is 338 g/mol. The lowest BCUT2D eigenvalue weighted by atomic mass is 10.1. The van der Waals surface area contributed by atoms with E-state index in [1.165, 1.54) is 0 Å². The maximum absolute atomic E-state index is 5.94. The van der Waals surface area contributed by atoms with Crippen molar-refractivity contribution in [2.24, 2.45) is 0 Å². The van der Waals surface area contributed by atoms with Crippen molar-refractivity contribution in [3.8, 4) is 5.75 Å². The fourth-order valence-electron chi connectivity index (χ4n) is 2.03. The number of nitrogens with one attached hydrogen (secondary N) is 1. The van der Waals surface area contributed by atoms with Crippen molar-refractivity contribution >= 4 is 15.9 Å². The largest absolute Gasteiger partial charge is 0.487 e. The highest BCUT2D eigenvalue weighted by Crippen LogP contribution is 2.28. The third-order valence-electron chi connectivity index (χ3n) is 2.92. The fraction of sp³-hybridized carbons (Fsp3) is 0.400. The second-order valence-electron chi connectivity index (χ2n) is 4.71. The van der Waals surface area contributed by atoms with Gasteiger partial charge in [0.1, 0.15) is 23.8 Å². The van der Waals surface area contributed by atoms with Gasteiger partial charge in [0.2, 0.25) is 0 Å². The Labute approximate surface area is 127 Å². The van der Waals surface area contributed by atoms with Crippen molar-refractivity contribution in [3.05, 3.63) is 45.3 Å². The SMILES string of the molecule is CCNCc1cc(Br)cc(C)c1OCc1cc(C)on1. The fourth-order valence-corrected chi connectivity index (χ4v) is 2.65. The molecule has 0 atom stereocenters. The van der Waals surface area contributed by atoms with E-state index in [4.69, 9.17) is 9.26 Å². The van der Waals surface area contributed by atoms with Crippen LogP contribution in [0.3, 0.4) is 0 Å². The molecular formula is C15H19BrN2O2. The van der Waals surface area contributed by atoms with Crippen LogP contribution in [0.5, 0.6) is 5.75 Å². The number of hydrogen-bond acceptors (Lipinski definition) is 4. The van der Waals surface area contributed by atoms with Gasteiger partial charge in [-0.25, -0.2) is 0 Å². The van der Waals surface area contributed by atoms with Crippen LogP contribution < -0.4 is 10.1 Å². The zero-order valence-electron chi connectivity index (χ0n) is 12.0. The number of ether oxygens (including phenoxy) is 1. The molecule has 1 N–H and O–H groups in total. The van der Waals surface area contributed by atoms with Crippen molar-refractivity contribution in [2.75, 3.05) is 6.54 Å². The Hall–Kier alpha value is -1.33. The summed E-state index contributed by atoms with van der Waals surface area (Å²) >= 11 is 3.53. The highest BCUT2D eigenvalue weighted by atomic mass is 79.9. The molecule has 0 amide bonds. The Morgan fingerprint density at radius 3 is 2.75 bits per heavy atom. The molecule has 0 spiro atoms. The van der Waals surface area contributed by atoms with Gasteiger partial charge in [-0.05, 0) is 38.1 Å². The van der Waals surface area contributed by atoms with Crippen LogP contribution in [0.2, 0.25) is 0 Å². The summed E-state index contributed by atoms with van der Waals surface area (Å²) in [5.41, 5.74) is 3.05. The number of halogens is 1. The summed E-state index contributed by atoms with van der Waals surface area (Å²) in [6.07, 6.45) is 0. The van der Waals surface area contributed by atoms with Gasteiger partial charge < -0.3 is 14.6 Å². The van der Waals surface area contributed by atoms with Crippen molar-refractivity contribution < 1.29 is 9.26 Å². The summed E-state index contributed by atoms with van der Waals surface area (Å²) in [5.74, 6) is 1.71. The highest BCUT2D eigenvalue weighted by Gasteiger charge is 2.10. The van der Waals surface area contributed by atoms with Crippen LogP contribution in [-0.2, 0) is 13.2 Å². The average molecular weight is 339 g/mol. The van der Waals surface area contributed by atoms with E-state index in [9.17, 15) is 0 Å². The standard InChI is InChI=1S/C15H19BrN2O2/c1-4-17-8-12-7-13(16)5-10(2)15(12)19-9-14-6-11(3)20-18-14/h5-7,17H,4,8-9H2,1-3H3. The van der Waals surface area contributed by atoms with Crippen molar-refractivity contribution in [1.82, 2.24) is 10.5 Å². The first-order chi connectivity index (χ1) is 9.60. The van der Waals surface area contributed by atoms with Crippen molar-refractivity contribution in [2.45, 2.75) is 33.9 Å². The second-order valence-corrected chi connectivity index (χ2v) is 5.62. The molecule has 5 heteroatoms. The molecule has 1 aromatic heterocycles. The van der Waals surface area contributed by atoms with Crippen LogP contribution in [0.15, 0.2) is 27.2 Å². The maximum atomic E-state index is 5.94. The zero-order chi connectivity index (χ0) is 14.5. The molecule has 2 rings (SSSR count). The lowest BCUT2D eigenvalue weighted by molar-refractivity contribution is 0.283. The molecule has 108 valence electrons. The molecule has 0 aliphatic heterocycles. The zero-order valence-corrected chi connectivity index (χ0v) is 13.6. The van der Waals surface area contributed by atoms with Crippen LogP contribution >= 0.6 is 15.9 Å². The second kappa shape index (κ2) is 6.90. The predicted octanol–water partition coefficient (Wildman–Crippen LogP) is 3.74. The van der Waals surface area contributed by atoms with Crippen LogP contribution in [0.25, 0.3) is 0 Å². The molecule has 0 saturated carbocycles. The molecule has 1 heterocycles. The maximum Gasteiger partial charge on any atom is 0.134 e. The summed E-state index contributed by atoms with van der Waals surface area (Å²) in [7, 11) is 0. The number of nitrogens with zero attached hydrogens (tertiary/aromatic N) is 1. The Kier molecular flexibility index (Phi) is 5.20. The minimum absolute atomic E-state index is 0.416. The minimum Gasteiger partial charge on any atom is -0.487 e. The first-order valence-corrected chi connectivity index (χ1v) is 7.44. The van der Waals surface area contributed by atoms with Crippen molar-refractivity contribution in [1.29, 1.82) is 0 Å². The van der Waals surface area contributed by atoms with E-state index >= 15 is 0 Å². The molecule has 1 aromatic carbocycles. The van der Waals surface area contributed by atoms with Gasteiger partial charge in [-0.2, -0.15) is 0 Å². The average Bonchev–Trinajstić information content (AvgIpc) is 2.80. The molecule has 20 heavy (non-hydrogen) atoms. The number of benzene rings is 1. The van der Waals surface area contributed by atoms with Gasteiger partial charge in [-0.1, -0.05) is 28.0 Å². The Morgan fingerprint density at radius 2 is 2.10 bits per heavy atom. The van der Waals surface area contributed by atoms with Gasteiger partial charge in [0.15, 0.2) is 0 Å². The van der Waals surface area contributed by atoms with Crippen LogP contribution in [0.1, 0.15) is 29.5 Å². The van der Waals surface area contributed by atoms with E-state index in [1.54, 1.807) is 0 Å². The third kappa shape index (κ3) is 3.84. The molecule has 0 aliphatic rings. The van der Waals surface area contributed by atoms with E-state index in [0.29, 0.717) is 6.61 Å². The molecular weight excluding hydrogens is 320 g/mol. The number of aromatic nitrogens is 1. The summed E-state index contributed by atoms with van der Waals surface area (Å²) in [6.45, 7) is 8.13. The molecule has 0 fully saturated rings. The van der Waals surface area contributed by atoms with Gasteiger partial charge in [-0.3, -0.25) is 0 Å². The van der Waals surface area contributed by atoms with Gasteiger partial charge in [0.25, 0.3) is 0 Å². The number of aryl methyl sites for hydroxylation is 2. The lowest BCUT2D eigenvalue weighted by Gasteiger charge is -2.14. The first-order valence-electron chi connectivity index (χ1n) is 6.65. The predicted molar refractivity (Wildman–Crippen MR) is 81.8 cm³/mol. The lowest BCUT2D eigenvalue weighted by Crippen LogP contribution is -2.13. The highest BCUT2D eigenvalue weighted by molar-refractivity contribution is 9.10. The minimum atomic E-state index is 0.416. The van der Waals surface area contributed by atoms with E-state index in [1.807, 2.05) is 19.9 Å². The third-order valence-corrected chi connectivity index (χ3v) is 3.38. The van der Waals surface area contributed by atoms with Gasteiger partial charge in [0, 0.05) is 22.6 Å². The van der Waals surface area contributed by atoms with E-state index in [-0.39, 0.29) is 0 Å².